The molecule has 1 aliphatic rings. The van der Waals surface area contributed by atoms with Crippen LogP contribution >= 0.6 is 0 Å². The molecule has 2 aromatic rings. The quantitative estimate of drug-likeness (QED) is 0.875. The fraction of sp³-hybridized carbons (Fsp3) is 0.357. The zero-order valence-electron chi connectivity index (χ0n) is 11.2. The van der Waals surface area contributed by atoms with Gasteiger partial charge in [-0.15, -0.1) is 0 Å². The molecule has 1 aromatic carbocycles. The zero-order valence-corrected chi connectivity index (χ0v) is 11.2. The fourth-order valence-corrected chi connectivity index (χ4v) is 2.38. The monoisotopic (exact) mass is 272 g/mol. The molecule has 1 atom stereocenters. The summed E-state index contributed by atoms with van der Waals surface area (Å²) in [7, 11) is 0. The number of rotatable bonds is 4. The van der Waals surface area contributed by atoms with Crippen molar-refractivity contribution >= 4 is 11.6 Å². The number of hydrogen-bond acceptors (Lipinski definition) is 5. The van der Waals surface area contributed by atoms with Gasteiger partial charge in [0.25, 0.3) is 0 Å². The Kier molecular flexibility index (Phi) is 3.37. The van der Waals surface area contributed by atoms with Crippen molar-refractivity contribution in [2.24, 2.45) is 0 Å². The normalized spacial score (nSPS) is 16.6. The third kappa shape index (κ3) is 2.49. The number of carbonyl (C=O) groups is 1. The van der Waals surface area contributed by atoms with Gasteiger partial charge in [-0.1, -0.05) is 23.4 Å². The highest BCUT2D eigenvalue weighted by Crippen LogP contribution is 2.30. The number of fused-ring (bicyclic) bond motifs is 1. The van der Waals surface area contributed by atoms with Gasteiger partial charge in [-0.05, 0) is 18.6 Å². The van der Waals surface area contributed by atoms with Gasteiger partial charge in [-0.3, -0.25) is 4.79 Å². The molecule has 1 aromatic heterocycles. The molecule has 0 fully saturated rings. The van der Waals surface area contributed by atoms with Crippen LogP contribution in [0.25, 0.3) is 0 Å². The lowest BCUT2D eigenvalue weighted by Crippen LogP contribution is -2.31. The molecule has 0 spiro atoms. The first-order valence-corrected chi connectivity index (χ1v) is 6.64. The van der Waals surface area contributed by atoms with Gasteiger partial charge in [0.15, 0.2) is 5.82 Å². The first-order valence-electron chi connectivity index (χ1n) is 6.64. The van der Waals surface area contributed by atoms with E-state index in [0.29, 0.717) is 31.2 Å². The predicted molar refractivity (Wildman–Crippen MR) is 73.4 cm³/mol. The van der Waals surface area contributed by atoms with E-state index in [9.17, 15) is 4.79 Å². The van der Waals surface area contributed by atoms with Gasteiger partial charge < -0.3 is 15.2 Å². The maximum Gasteiger partial charge on any atom is 0.229 e. The summed E-state index contributed by atoms with van der Waals surface area (Å²) >= 11 is 0. The van der Waals surface area contributed by atoms with Crippen LogP contribution in [0.4, 0.5) is 5.69 Å². The highest BCUT2D eigenvalue weighted by Gasteiger charge is 2.27. The Morgan fingerprint density at radius 1 is 1.50 bits per heavy atom. The van der Waals surface area contributed by atoms with Crippen LogP contribution in [0.2, 0.25) is 0 Å². The molecule has 20 heavy (non-hydrogen) atoms. The van der Waals surface area contributed by atoms with Crippen molar-refractivity contribution < 1.29 is 9.32 Å². The lowest BCUT2D eigenvalue weighted by molar-refractivity contribution is -0.122. The topological polar surface area (TPSA) is 80.0 Å². The second-order valence-electron chi connectivity index (χ2n) is 4.80. The molecule has 6 heteroatoms. The van der Waals surface area contributed by atoms with E-state index < -0.39 is 0 Å². The third-order valence-corrected chi connectivity index (χ3v) is 3.36. The zero-order chi connectivity index (χ0) is 13.9. The summed E-state index contributed by atoms with van der Waals surface area (Å²) < 4.78 is 5.00. The van der Waals surface area contributed by atoms with Gasteiger partial charge in [0.2, 0.25) is 11.8 Å². The molecule has 1 amide bonds. The van der Waals surface area contributed by atoms with Crippen molar-refractivity contribution in [3.8, 4) is 0 Å². The Hall–Kier alpha value is -2.37. The highest BCUT2D eigenvalue weighted by molar-refractivity contribution is 5.88. The number of para-hydroxylation sites is 1. The molecule has 0 saturated heterocycles. The second-order valence-corrected chi connectivity index (χ2v) is 4.80. The van der Waals surface area contributed by atoms with Crippen LogP contribution in [-0.4, -0.2) is 29.1 Å². The summed E-state index contributed by atoms with van der Waals surface area (Å²) in [6.07, 6.45) is 0.550. The number of aryl methyl sites for hydroxylation is 1. The smallest absolute Gasteiger partial charge is 0.229 e. The summed E-state index contributed by atoms with van der Waals surface area (Å²) in [5.41, 5.74) is 2.10. The minimum Gasteiger partial charge on any atom is -0.384 e. The van der Waals surface area contributed by atoms with Crippen molar-refractivity contribution in [3.05, 3.63) is 41.5 Å². The van der Waals surface area contributed by atoms with E-state index in [2.05, 4.69) is 20.8 Å². The Balaban J connectivity index is 1.55. The number of amides is 1. The molecule has 0 bridgehead atoms. The number of nitrogens with one attached hydrogen (secondary N) is 2. The van der Waals surface area contributed by atoms with Crippen LogP contribution in [0.1, 0.15) is 23.2 Å². The molecule has 2 heterocycles. The van der Waals surface area contributed by atoms with Gasteiger partial charge in [0, 0.05) is 25.2 Å². The summed E-state index contributed by atoms with van der Waals surface area (Å²) in [4.78, 5) is 16.3. The maximum atomic E-state index is 12.2. The van der Waals surface area contributed by atoms with E-state index in [1.54, 1.807) is 6.92 Å². The van der Waals surface area contributed by atoms with E-state index >= 15 is 0 Å². The third-order valence-electron chi connectivity index (χ3n) is 3.36. The van der Waals surface area contributed by atoms with E-state index in [0.717, 1.165) is 11.3 Å². The number of hydrogen-bond donors (Lipinski definition) is 2. The Labute approximate surface area is 116 Å². The van der Waals surface area contributed by atoms with E-state index in [1.807, 2.05) is 24.3 Å². The van der Waals surface area contributed by atoms with Crippen LogP contribution in [-0.2, 0) is 11.2 Å². The molecule has 104 valence electrons. The Morgan fingerprint density at radius 3 is 3.15 bits per heavy atom. The number of anilines is 1. The van der Waals surface area contributed by atoms with Gasteiger partial charge in [-0.2, -0.15) is 4.98 Å². The van der Waals surface area contributed by atoms with Crippen LogP contribution < -0.4 is 10.6 Å². The minimum atomic E-state index is -0.129. The van der Waals surface area contributed by atoms with Gasteiger partial charge in [-0.25, -0.2) is 0 Å². The van der Waals surface area contributed by atoms with Crippen molar-refractivity contribution in [1.29, 1.82) is 0 Å². The first kappa shape index (κ1) is 12.7. The average Bonchev–Trinajstić information content (AvgIpc) is 3.05. The summed E-state index contributed by atoms with van der Waals surface area (Å²) in [6.45, 7) is 2.91. The van der Waals surface area contributed by atoms with Gasteiger partial charge in [0.05, 0.1) is 5.92 Å². The lowest BCUT2D eigenvalue weighted by atomic mass is 10.0. The lowest BCUT2D eigenvalue weighted by Gasteiger charge is -2.10. The Morgan fingerprint density at radius 2 is 2.35 bits per heavy atom. The van der Waals surface area contributed by atoms with Gasteiger partial charge >= 0.3 is 0 Å². The second kappa shape index (κ2) is 5.32. The largest absolute Gasteiger partial charge is 0.384 e. The molecule has 2 N–H and O–H groups in total. The molecular weight excluding hydrogens is 256 g/mol. The predicted octanol–water partition coefficient (Wildman–Crippen LogP) is 1.25. The maximum absolute atomic E-state index is 12.2. The van der Waals surface area contributed by atoms with Crippen LogP contribution in [0.5, 0.6) is 0 Å². The molecule has 0 aliphatic carbocycles. The molecule has 0 radical (unpaired) electrons. The SMILES string of the molecule is Cc1noc(CCNC(=O)C2CNc3ccccc32)n1. The molecule has 6 nitrogen and oxygen atoms in total. The van der Waals surface area contributed by atoms with E-state index in [1.165, 1.54) is 0 Å². The number of carbonyl (C=O) groups excluding carboxylic acids is 1. The number of benzene rings is 1. The van der Waals surface area contributed by atoms with Gasteiger partial charge in [0.1, 0.15) is 0 Å². The van der Waals surface area contributed by atoms with Crippen LogP contribution in [0, 0.1) is 6.92 Å². The first-order chi connectivity index (χ1) is 9.74. The summed E-state index contributed by atoms with van der Waals surface area (Å²) in [5, 5.41) is 9.87. The van der Waals surface area contributed by atoms with Crippen molar-refractivity contribution in [1.82, 2.24) is 15.5 Å². The molecule has 3 rings (SSSR count). The standard InChI is InChI=1S/C14H16N4O2/c1-9-17-13(20-18-9)6-7-15-14(19)11-8-16-12-5-3-2-4-10(11)12/h2-5,11,16H,6-8H2,1H3,(H,15,19). The molecule has 1 aliphatic heterocycles. The molecular formula is C14H16N4O2. The van der Waals surface area contributed by atoms with Crippen molar-refractivity contribution in [2.45, 2.75) is 19.3 Å². The van der Waals surface area contributed by atoms with Crippen molar-refractivity contribution in [3.63, 3.8) is 0 Å². The Bertz CT molecular complexity index is 623. The van der Waals surface area contributed by atoms with Crippen LogP contribution in [0.3, 0.4) is 0 Å². The highest BCUT2D eigenvalue weighted by atomic mass is 16.5. The van der Waals surface area contributed by atoms with E-state index in [4.69, 9.17) is 4.52 Å². The summed E-state index contributed by atoms with van der Waals surface area (Å²) in [6, 6.07) is 7.89. The molecule has 0 saturated carbocycles. The summed E-state index contributed by atoms with van der Waals surface area (Å²) in [5.74, 6) is 1.06. The molecule has 1 unspecified atom stereocenters. The van der Waals surface area contributed by atoms with Crippen molar-refractivity contribution in [2.75, 3.05) is 18.4 Å². The average molecular weight is 272 g/mol. The minimum absolute atomic E-state index is 0.0266. The number of aromatic nitrogens is 2. The fourth-order valence-electron chi connectivity index (χ4n) is 2.38. The van der Waals surface area contributed by atoms with Crippen LogP contribution in [0.15, 0.2) is 28.8 Å². The van der Waals surface area contributed by atoms with E-state index in [-0.39, 0.29) is 11.8 Å². The number of nitrogens with zero attached hydrogens (tertiary/aromatic N) is 2.